The monoisotopic (exact) mass is 463 g/mol. The first-order valence-corrected chi connectivity index (χ1v) is 12.1. The number of nitrogens with zero attached hydrogens (tertiary/aromatic N) is 2. The van der Waals surface area contributed by atoms with Crippen molar-refractivity contribution in [2.45, 2.75) is 39.8 Å². The van der Waals surface area contributed by atoms with Crippen molar-refractivity contribution in [1.29, 1.82) is 0 Å². The van der Waals surface area contributed by atoms with Crippen LogP contribution in [0.5, 0.6) is 0 Å². The van der Waals surface area contributed by atoms with E-state index in [2.05, 4.69) is 5.32 Å². The molecule has 0 saturated heterocycles. The zero-order valence-corrected chi connectivity index (χ0v) is 19.9. The molecule has 0 aromatic heterocycles. The fraction of sp³-hybridized carbons (Fsp3) is 0.391. The van der Waals surface area contributed by atoms with Crippen LogP contribution in [-0.2, 0) is 26.2 Å². The van der Waals surface area contributed by atoms with Gasteiger partial charge in [0.15, 0.2) is 0 Å². The van der Waals surface area contributed by atoms with Crippen LogP contribution in [0.15, 0.2) is 42.5 Å². The first-order valence-electron chi connectivity index (χ1n) is 10.3. The summed E-state index contributed by atoms with van der Waals surface area (Å²) in [6.07, 6.45) is 1.37. The summed E-state index contributed by atoms with van der Waals surface area (Å²) < 4.78 is 39.5. The van der Waals surface area contributed by atoms with Crippen LogP contribution in [0.1, 0.15) is 30.0 Å². The van der Waals surface area contributed by atoms with E-state index in [1.807, 2.05) is 13.8 Å². The highest BCUT2D eigenvalue weighted by atomic mass is 32.2. The lowest BCUT2D eigenvalue weighted by Gasteiger charge is -2.32. The second-order valence-corrected chi connectivity index (χ2v) is 9.63. The van der Waals surface area contributed by atoms with Gasteiger partial charge in [-0.05, 0) is 61.2 Å². The summed E-state index contributed by atoms with van der Waals surface area (Å²) in [6, 6.07) is 9.96. The van der Waals surface area contributed by atoms with E-state index in [0.717, 1.165) is 21.7 Å². The molecular weight excluding hydrogens is 433 g/mol. The summed E-state index contributed by atoms with van der Waals surface area (Å²) in [7, 11) is -2.30. The van der Waals surface area contributed by atoms with Crippen molar-refractivity contribution in [1.82, 2.24) is 10.2 Å². The van der Waals surface area contributed by atoms with E-state index in [1.165, 1.54) is 36.2 Å². The number of carbonyl (C=O) groups excluding carboxylic acids is 2. The molecule has 2 rings (SSSR count). The number of aryl methyl sites for hydroxylation is 2. The number of carbonyl (C=O) groups is 2. The van der Waals surface area contributed by atoms with Gasteiger partial charge in [-0.3, -0.25) is 13.9 Å². The summed E-state index contributed by atoms with van der Waals surface area (Å²) in [5.41, 5.74) is 2.89. The number of hydrogen-bond acceptors (Lipinski definition) is 4. The van der Waals surface area contributed by atoms with Gasteiger partial charge >= 0.3 is 0 Å². The number of amides is 2. The third-order valence-electron chi connectivity index (χ3n) is 5.36. The summed E-state index contributed by atoms with van der Waals surface area (Å²) >= 11 is 0. The maximum Gasteiger partial charge on any atom is 0.244 e. The van der Waals surface area contributed by atoms with Gasteiger partial charge < -0.3 is 10.2 Å². The van der Waals surface area contributed by atoms with Gasteiger partial charge in [0.05, 0.1) is 11.9 Å². The fourth-order valence-electron chi connectivity index (χ4n) is 3.37. The predicted molar refractivity (Wildman–Crippen MR) is 123 cm³/mol. The molecule has 2 aromatic rings. The minimum Gasteiger partial charge on any atom is -0.357 e. The van der Waals surface area contributed by atoms with E-state index in [1.54, 1.807) is 25.1 Å². The highest BCUT2D eigenvalue weighted by Crippen LogP contribution is 2.22. The molecule has 2 aromatic carbocycles. The van der Waals surface area contributed by atoms with Crippen LogP contribution in [0.25, 0.3) is 0 Å². The average Bonchev–Trinajstić information content (AvgIpc) is 2.74. The lowest BCUT2D eigenvalue weighted by Crippen LogP contribution is -2.51. The first-order chi connectivity index (χ1) is 15.0. The molecular formula is C23H30FN3O4S. The number of rotatable bonds is 9. The zero-order valence-electron chi connectivity index (χ0n) is 19.1. The molecule has 1 atom stereocenters. The summed E-state index contributed by atoms with van der Waals surface area (Å²) in [5.74, 6) is -1.31. The number of benzene rings is 2. The third-order valence-corrected chi connectivity index (χ3v) is 6.50. The van der Waals surface area contributed by atoms with E-state index in [9.17, 15) is 22.4 Å². The van der Waals surface area contributed by atoms with Crippen molar-refractivity contribution in [2.75, 3.05) is 24.2 Å². The molecule has 0 bridgehead atoms. The normalized spacial score (nSPS) is 12.2. The maximum atomic E-state index is 13.4. The molecule has 0 aliphatic carbocycles. The molecule has 9 heteroatoms. The SMILES string of the molecule is CC[C@@H](C(=O)NC)N(Cc1ccc(F)cc1)C(=O)CN(c1ccc(C)c(C)c1)S(C)(=O)=O. The van der Waals surface area contributed by atoms with Gasteiger partial charge in [-0.1, -0.05) is 25.1 Å². The maximum absolute atomic E-state index is 13.4. The van der Waals surface area contributed by atoms with Crippen LogP contribution < -0.4 is 9.62 Å². The lowest BCUT2D eigenvalue weighted by molar-refractivity contribution is -0.140. The van der Waals surface area contributed by atoms with Crippen LogP contribution in [0, 0.1) is 19.7 Å². The Hall–Kier alpha value is -2.94. The van der Waals surface area contributed by atoms with Crippen LogP contribution >= 0.6 is 0 Å². The highest BCUT2D eigenvalue weighted by molar-refractivity contribution is 7.92. The van der Waals surface area contributed by atoms with Gasteiger partial charge in [-0.2, -0.15) is 0 Å². The van der Waals surface area contributed by atoms with Crippen molar-refractivity contribution in [3.63, 3.8) is 0 Å². The topological polar surface area (TPSA) is 86.8 Å². The Balaban J connectivity index is 2.43. The fourth-order valence-corrected chi connectivity index (χ4v) is 4.21. The molecule has 0 fully saturated rings. The van der Waals surface area contributed by atoms with Crippen molar-refractivity contribution in [3.05, 3.63) is 65.0 Å². The van der Waals surface area contributed by atoms with E-state index in [4.69, 9.17) is 0 Å². The van der Waals surface area contributed by atoms with Gasteiger partial charge in [0.1, 0.15) is 18.4 Å². The molecule has 2 amide bonds. The van der Waals surface area contributed by atoms with E-state index in [-0.39, 0.29) is 12.5 Å². The van der Waals surface area contributed by atoms with Gasteiger partial charge in [-0.15, -0.1) is 0 Å². The van der Waals surface area contributed by atoms with Crippen LogP contribution in [0.2, 0.25) is 0 Å². The Morgan fingerprint density at radius 1 is 1.06 bits per heavy atom. The Labute approximate surface area is 189 Å². The van der Waals surface area contributed by atoms with E-state index >= 15 is 0 Å². The minimum atomic E-state index is -3.78. The molecule has 0 radical (unpaired) electrons. The summed E-state index contributed by atoms with van der Waals surface area (Å²) in [5, 5.41) is 2.55. The number of nitrogens with one attached hydrogen (secondary N) is 1. The molecule has 0 saturated carbocycles. The number of hydrogen-bond donors (Lipinski definition) is 1. The molecule has 0 unspecified atom stereocenters. The van der Waals surface area contributed by atoms with Crippen molar-refractivity contribution in [2.24, 2.45) is 0 Å². The molecule has 32 heavy (non-hydrogen) atoms. The molecule has 7 nitrogen and oxygen atoms in total. The average molecular weight is 464 g/mol. The largest absolute Gasteiger partial charge is 0.357 e. The number of sulfonamides is 1. The van der Waals surface area contributed by atoms with Crippen LogP contribution in [0.4, 0.5) is 10.1 Å². The van der Waals surface area contributed by atoms with Crippen molar-refractivity contribution >= 4 is 27.5 Å². The summed E-state index contributed by atoms with van der Waals surface area (Å²) in [6.45, 7) is 5.11. The Morgan fingerprint density at radius 3 is 2.19 bits per heavy atom. The second-order valence-electron chi connectivity index (χ2n) is 7.72. The van der Waals surface area contributed by atoms with Gasteiger partial charge in [0, 0.05) is 13.6 Å². The molecule has 0 aliphatic rings. The van der Waals surface area contributed by atoms with Crippen molar-refractivity contribution < 1.29 is 22.4 Å². The second kappa shape index (κ2) is 10.6. The first kappa shape index (κ1) is 25.3. The van der Waals surface area contributed by atoms with Gasteiger partial charge in [0.2, 0.25) is 21.8 Å². The number of halogens is 1. The van der Waals surface area contributed by atoms with E-state index < -0.39 is 34.3 Å². The molecule has 174 valence electrons. The zero-order chi connectivity index (χ0) is 24.1. The number of anilines is 1. The molecule has 0 aliphatic heterocycles. The standard InChI is InChI=1S/C23H30FN3O4S/c1-6-21(23(29)25-4)26(14-18-8-10-19(24)11-9-18)22(28)15-27(32(5,30)31)20-12-7-16(2)17(3)13-20/h7-13,21H,6,14-15H2,1-5H3,(H,25,29)/t21-/m0/s1. The summed E-state index contributed by atoms with van der Waals surface area (Å²) in [4.78, 5) is 27.2. The lowest BCUT2D eigenvalue weighted by atomic mass is 10.1. The smallest absolute Gasteiger partial charge is 0.244 e. The van der Waals surface area contributed by atoms with Crippen molar-refractivity contribution in [3.8, 4) is 0 Å². The van der Waals surface area contributed by atoms with Gasteiger partial charge in [0.25, 0.3) is 0 Å². The van der Waals surface area contributed by atoms with Crippen LogP contribution in [-0.4, -0.2) is 51.0 Å². The van der Waals surface area contributed by atoms with Crippen LogP contribution in [0.3, 0.4) is 0 Å². The Bertz CT molecular complexity index is 1070. The Morgan fingerprint density at radius 2 is 1.69 bits per heavy atom. The third kappa shape index (κ3) is 6.29. The van der Waals surface area contributed by atoms with Gasteiger partial charge in [-0.25, -0.2) is 12.8 Å². The molecule has 1 N–H and O–H groups in total. The number of likely N-dealkylation sites (N-methyl/N-ethyl adjacent to an activating group) is 1. The van der Waals surface area contributed by atoms with E-state index in [0.29, 0.717) is 17.7 Å². The minimum absolute atomic E-state index is 0.0373. The molecule has 0 heterocycles. The highest BCUT2D eigenvalue weighted by Gasteiger charge is 2.31. The molecule has 0 spiro atoms. The Kier molecular flexibility index (Phi) is 8.38. The quantitative estimate of drug-likeness (QED) is 0.620. The predicted octanol–water partition coefficient (Wildman–Crippen LogP) is 2.76.